The highest BCUT2D eigenvalue weighted by atomic mass is 32.1. The molecule has 8 heteroatoms. The summed E-state index contributed by atoms with van der Waals surface area (Å²) in [5, 5.41) is 15.9. The van der Waals surface area contributed by atoms with E-state index < -0.39 is 4.92 Å². The molecule has 26 heavy (non-hydrogen) atoms. The number of carbonyl (C=O) groups excluding carboxylic acids is 1. The topological polar surface area (TPSA) is 78.7 Å². The molecule has 138 valence electrons. The number of nitro groups is 1. The van der Waals surface area contributed by atoms with Crippen LogP contribution in [0.3, 0.4) is 0 Å². The van der Waals surface area contributed by atoms with Crippen molar-refractivity contribution < 1.29 is 9.72 Å². The van der Waals surface area contributed by atoms with Crippen LogP contribution in [-0.4, -0.2) is 53.4 Å². The first-order chi connectivity index (χ1) is 12.5. The van der Waals surface area contributed by atoms with Crippen molar-refractivity contribution in [1.82, 2.24) is 9.80 Å². The second-order valence-electron chi connectivity index (χ2n) is 6.46. The first-order valence-electron chi connectivity index (χ1n) is 8.53. The van der Waals surface area contributed by atoms with Gasteiger partial charge in [-0.3, -0.25) is 24.7 Å². The predicted octanol–water partition coefficient (Wildman–Crippen LogP) is 2.72. The maximum Gasteiger partial charge on any atom is 0.293 e. The Morgan fingerprint density at radius 3 is 2.62 bits per heavy atom. The van der Waals surface area contributed by atoms with E-state index in [1.54, 1.807) is 30.4 Å². The number of benzene rings is 1. The van der Waals surface area contributed by atoms with E-state index in [9.17, 15) is 14.9 Å². The molecule has 2 aromatic rings. The largest absolute Gasteiger partial charge is 0.319 e. The Hall–Kier alpha value is -2.29. The normalized spacial score (nSPS) is 15.7. The van der Waals surface area contributed by atoms with Crippen LogP contribution < -0.4 is 5.32 Å². The maximum absolute atomic E-state index is 12.3. The molecule has 0 unspecified atom stereocenters. The molecule has 1 fully saturated rings. The lowest BCUT2D eigenvalue weighted by Crippen LogP contribution is -2.48. The Labute approximate surface area is 156 Å². The first-order valence-corrected chi connectivity index (χ1v) is 9.41. The second kappa shape index (κ2) is 8.39. The number of hydrogen-bond acceptors (Lipinski definition) is 6. The molecule has 2 heterocycles. The van der Waals surface area contributed by atoms with Gasteiger partial charge in [-0.1, -0.05) is 12.1 Å². The van der Waals surface area contributed by atoms with Gasteiger partial charge in [0, 0.05) is 43.7 Å². The maximum atomic E-state index is 12.3. The summed E-state index contributed by atoms with van der Waals surface area (Å²) in [5.74, 6) is -0.219. The molecule has 0 atom stereocenters. The fraction of sp³-hybridized carbons (Fsp3) is 0.389. The van der Waals surface area contributed by atoms with Crippen LogP contribution in [0.5, 0.6) is 0 Å². The van der Waals surface area contributed by atoms with Crippen molar-refractivity contribution in [2.75, 3.05) is 38.0 Å². The molecule has 1 N–H and O–H groups in total. The average Bonchev–Trinajstić information content (AvgIpc) is 3.11. The standard InChI is InChI=1S/C18H22N4O3S/c1-14-4-5-16(17(11-14)22(24)25)19-18(23)13-21-8-6-20(7-9-21)12-15-3-2-10-26-15/h2-5,10-11H,6-9,12-13H2,1H3,(H,19,23). The quantitative estimate of drug-likeness (QED) is 0.621. The number of nitrogens with zero attached hydrogens (tertiary/aromatic N) is 3. The third-order valence-electron chi connectivity index (χ3n) is 4.42. The molecule has 1 aromatic heterocycles. The number of amides is 1. The third kappa shape index (κ3) is 4.87. The Morgan fingerprint density at radius 2 is 1.96 bits per heavy atom. The summed E-state index contributed by atoms with van der Waals surface area (Å²) in [6.45, 7) is 6.44. The SMILES string of the molecule is Cc1ccc(NC(=O)CN2CCN(Cc3cccs3)CC2)c([N+](=O)[O-])c1. The first kappa shape index (κ1) is 18.5. The molecule has 0 saturated carbocycles. The number of nitrogens with one attached hydrogen (secondary N) is 1. The average molecular weight is 374 g/mol. The van der Waals surface area contributed by atoms with E-state index in [0.717, 1.165) is 38.3 Å². The van der Waals surface area contributed by atoms with Crippen LogP contribution in [0.2, 0.25) is 0 Å². The van der Waals surface area contributed by atoms with Crippen molar-refractivity contribution in [3.63, 3.8) is 0 Å². The summed E-state index contributed by atoms with van der Waals surface area (Å²) in [5.41, 5.74) is 0.970. The second-order valence-corrected chi connectivity index (χ2v) is 7.49. The molecule has 1 aromatic carbocycles. The van der Waals surface area contributed by atoms with E-state index >= 15 is 0 Å². The van der Waals surface area contributed by atoms with Crippen LogP contribution in [0.4, 0.5) is 11.4 Å². The molecule has 1 aliphatic rings. The fourth-order valence-electron chi connectivity index (χ4n) is 3.02. The number of carbonyl (C=O) groups is 1. The zero-order chi connectivity index (χ0) is 18.5. The molecule has 0 aliphatic carbocycles. The minimum absolute atomic E-state index is 0.0703. The van der Waals surface area contributed by atoms with Gasteiger partial charge in [0.2, 0.25) is 5.91 Å². The van der Waals surface area contributed by atoms with Crippen LogP contribution in [0.25, 0.3) is 0 Å². The summed E-state index contributed by atoms with van der Waals surface area (Å²) in [7, 11) is 0. The summed E-state index contributed by atoms with van der Waals surface area (Å²) in [6, 6.07) is 9.01. The Kier molecular flexibility index (Phi) is 5.97. The molecule has 0 radical (unpaired) electrons. The predicted molar refractivity (Wildman–Crippen MR) is 102 cm³/mol. The summed E-state index contributed by atoms with van der Waals surface area (Å²) in [6.07, 6.45) is 0. The van der Waals surface area contributed by atoms with Gasteiger partial charge in [0.1, 0.15) is 5.69 Å². The molecule has 0 bridgehead atoms. The van der Waals surface area contributed by atoms with Crippen LogP contribution in [-0.2, 0) is 11.3 Å². The highest BCUT2D eigenvalue weighted by Crippen LogP contribution is 2.25. The van der Waals surface area contributed by atoms with E-state index in [1.807, 2.05) is 0 Å². The molecule has 7 nitrogen and oxygen atoms in total. The zero-order valence-corrected chi connectivity index (χ0v) is 15.5. The lowest BCUT2D eigenvalue weighted by molar-refractivity contribution is -0.384. The number of piperazine rings is 1. The number of rotatable bonds is 6. The molecule has 1 saturated heterocycles. The van der Waals surface area contributed by atoms with Gasteiger partial charge in [0.15, 0.2) is 0 Å². The molecule has 3 rings (SSSR count). The Morgan fingerprint density at radius 1 is 1.23 bits per heavy atom. The van der Waals surface area contributed by atoms with E-state index in [1.165, 1.54) is 10.9 Å². The minimum Gasteiger partial charge on any atom is -0.319 e. The molecular weight excluding hydrogens is 352 g/mol. The van der Waals surface area contributed by atoms with Gasteiger partial charge in [-0.2, -0.15) is 0 Å². The number of nitro benzene ring substituents is 1. The Balaban J connectivity index is 1.50. The van der Waals surface area contributed by atoms with Crippen LogP contribution in [0.15, 0.2) is 35.7 Å². The van der Waals surface area contributed by atoms with Crippen molar-refractivity contribution in [3.05, 3.63) is 56.3 Å². The fourth-order valence-corrected chi connectivity index (χ4v) is 3.77. The molecule has 1 aliphatic heterocycles. The van der Waals surface area contributed by atoms with Crippen molar-refractivity contribution in [1.29, 1.82) is 0 Å². The highest BCUT2D eigenvalue weighted by Gasteiger charge is 2.21. The van der Waals surface area contributed by atoms with Gasteiger partial charge in [-0.15, -0.1) is 11.3 Å². The molecule has 0 spiro atoms. The van der Waals surface area contributed by atoms with Crippen molar-refractivity contribution in [3.8, 4) is 0 Å². The highest BCUT2D eigenvalue weighted by molar-refractivity contribution is 7.09. The van der Waals surface area contributed by atoms with Gasteiger partial charge in [0.05, 0.1) is 11.5 Å². The summed E-state index contributed by atoms with van der Waals surface area (Å²) in [4.78, 5) is 28.8. The monoisotopic (exact) mass is 374 g/mol. The van der Waals surface area contributed by atoms with E-state index in [4.69, 9.17) is 0 Å². The number of thiophene rings is 1. The lowest BCUT2D eigenvalue weighted by Gasteiger charge is -2.34. The lowest BCUT2D eigenvalue weighted by atomic mass is 10.2. The van der Waals surface area contributed by atoms with Crippen molar-refractivity contribution in [2.24, 2.45) is 0 Å². The third-order valence-corrected chi connectivity index (χ3v) is 5.28. The van der Waals surface area contributed by atoms with Gasteiger partial charge in [0.25, 0.3) is 5.69 Å². The van der Waals surface area contributed by atoms with Gasteiger partial charge in [-0.05, 0) is 30.0 Å². The number of hydrogen-bond donors (Lipinski definition) is 1. The van der Waals surface area contributed by atoms with Gasteiger partial charge in [-0.25, -0.2) is 0 Å². The van der Waals surface area contributed by atoms with E-state index in [0.29, 0.717) is 0 Å². The van der Waals surface area contributed by atoms with Crippen LogP contribution >= 0.6 is 11.3 Å². The van der Waals surface area contributed by atoms with Crippen molar-refractivity contribution in [2.45, 2.75) is 13.5 Å². The smallest absolute Gasteiger partial charge is 0.293 e. The van der Waals surface area contributed by atoms with Gasteiger partial charge >= 0.3 is 0 Å². The summed E-state index contributed by atoms with van der Waals surface area (Å²) >= 11 is 1.76. The van der Waals surface area contributed by atoms with E-state index in [-0.39, 0.29) is 23.8 Å². The summed E-state index contributed by atoms with van der Waals surface area (Å²) < 4.78 is 0. The van der Waals surface area contributed by atoms with E-state index in [2.05, 4.69) is 32.6 Å². The van der Waals surface area contributed by atoms with Crippen molar-refractivity contribution >= 4 is 28.6 Å². The number of anilines is 1. The Bertz CT molecular complexity index is 771. The molecule has 1 amide bonds. The number of aryl methyl sites for hydroxylation is 1. The minimum atomic E-state index is -0.466. The zero-order valence-electron chi connectivity index (χ0n) is 14.7. The molecular formula is C18H22N4O3S. The van der Waals surface area contributed by atoms with Gasteiger partial charge < -0.3 is 5.32 Å². The van der Waals surface area contributed by atoms with Crippen LogP contribution in [0, 0.1) is 17.0 Å². The van der Waals surface area contributed by atoms with Crippen LogP contribution in [0.1, 0.15) is 10.4 Å².